The Balaban J connectivity index is 1.39. The van der Waals surface area contributed by atoms with Gasteiger partial charge in [0.15, 0.2) is 0 Å². The molecule has 0 aliphatic heterocycles. The van der Waals surface area contributed by atoms with Crippen LogP contribution in [0.5, 0.6) is 0 Å². The van der Waals surface area contributed by atoms with Crippen LogP contribution in [0.2, 0.25) is 0 Å². The molecule has 4 rings (SSSR count). The summed E-state index contributed by atoms with van der Waals surface area (Å²) in [4.78, 5) is 30.5. The number of aryl methyl sites for hydroxylation is 1. The quantitative estimate of drug-likeness (QED) is 0.786. The Hall–Kier alpha value is -2.47. The summed E-state index contributed by atoms with van der Waals surface area (Å²) in [6.07, 6.45) is 4.03. The second-order valence-corrected chi connectivity index (χ2v) is 7.89. The number of hydrogen-bond donors (Lipinski definition) is 2. The molecule has 6 nitrogen and oxygen atoms in total. The summed E-state index contributed by atoms with van der Waals surface area (Å²) in [5.41, 5.74) is 2.21. The number of para-hydroxylation sites is 1. The van der Waals surface area contributed by atoms with Gasteiger partial charge in [0, 0.05) is 29.7 Å². The highest BCUT2D eigenvalue weighted by molar-refractivity contribution is 6.05. The van der Waals surface area contributed by atoms with Crippen LogP contribution in [0.1, 0.15) is 41.7 Å². The zero-order valence-corrected chi connectivity index (χ0v) is 15.5. The number of amides is 1. The van der Waals surface area contributed by atoms with Gasteiger partial charge in [0.1, 0.15) is 0 Å². The average Bonchev–Trinajstić information content (AvgIpc) is 3.40. The summed E-state index contributed by atoms with van der Waals surface area (Å²) >= 11 is 0. The third-order valence-electron chi connectivity index (χ3n) is 5.60. The van der Waals surface area contributed by atoms with Gasteiger partial charge in [-0.05, 0) is 50.7 Å². The average molecular weight is 367 g/mol. The number of hydrogen-bond acceptors (Lipinski definition) is 4. The molecule has 2 saturated carbocycles. The monoisotopic (exact) mass is 367 g/mol. The fourth-order valence-electron chi connectivity index (χ4n) is 3.84. The summed E-state index contributed by atoms with van der Waals surface area (Å²) < 4.78 is 0. The van der Waals surface area contributed by atoms with Crippen LogP contribution in [0.3, 0.4) is 0 Å². The van der Waals surface area contributed by atoms with E-state index in [9.17, 15) is 9.59 Å². The van der Waals surface area contributed by atoms with Crippen LogP contribution in [0, 0.1) is 12.8 Å². The van der Waals surface area contributed by atoms with E-state index in [1.54, 1.807) is 0 Å². The van der Waals surface area contributed by atoms with Crippen molar-refractivity contribution in [1.29, 1.82) is 0 Å². The third-order valence-corrected chi connectivity index (χ3v) is 5.60. The van der Waals surface area contributed by atoms with E-state index in [0.29, 0.717) is 11.5 Å². The van der Waals surface area contributed by atoms with Crippen molar-refractivity contribution in [2.75, 3.05) is 13.1 Å². The molecule has 142 valence electrons. The number of carboxylic acid groups (broad SMARTS) is 1. The number of carbonyl (C=O) groups is 2. The molecule has 0 saturated heterocycles. The maximum atomic E-state index is 12.8. The molecule has 0 atom stereocenters. The molecule has 2 aromatic rings. The number of rotatable bonds is 7. The van der Waals surface area contributed by atoms with E-state index in [1.807, 2.05) is 37.3 Å². The first kappa shape index (κ1) is 17.9. The number of pyridine rings is 1. The van der Waals surface area contributed by atoms with Crippen molar-refractivity contribution in [3.8, 4) is 0 Å². The Morgan fingerprint density at radius 2 is 2.00 bits per heavy atom. The smallest absolute Gasteiger partial charge is 0.317 e. The lowest BCUT2D eigenvalue weighted by molar-refractivity contribution is -0.139. The molecule has 0 bridgehead atoms. The van der Waals surface area contributed by atoms with Crippen molar-refractivity contribution in [1.82, 2.24) is 15.2 Å². The summed E-state index contributed by atoms with van der Waals surface area (Å²) in [7, 11) is 0. The molecule has 2 fully saturated rings. The molecule has 0 radical (unpaired) electrons. The van der Waals surface area contributed by atoms with Gasteiger partial charge < -0.3 is 10.4 Å². The van der Waals surface area contributed by atoms with Crippen molar-refractivity contribution >= 4 is 22.8 Å². The molecular formula is C21H25N3O3. The van der Waals surface area contributed by atoms with Gasteiger partial charge in [0.25, 0.3) is 5.91 Å². The largest absolute Gasteiger partial charge is 0.480 e. The Kier molecular flexibility index (Phi) is 4.83. The summed E-state index contributed by atoms with van der Waals surface area (Å²) in [5, 5.41) is 13.2. The van der Waals surface area contributed by atoms with Crippen molar-refractivity contribution in [2.24, 2.45) is 5.92 Å². The number of carbonyl (C=O) groups excluding carboxylic acids is 1. The topological polar surface area (TPSA) is 82.5 Å². The second-order valence-electron chi connectivity index (χ2n) is 7.89. The van der Waals surface area contributed by atoms with E-state index < -0.39 is 5.97 Å². The molecule has 0 unspecified atom stereocenters. The van der Waals surface area contributed by atoms with Gasteiger partial charge in [-0.2, -0.15) is 0 Å². The normalized spacial score (nSPS) is 21.9. The highest BCUT2D eigenvalue weighted by Crippen LogP contribution is 2.34. The number of fused-ring (bicyclic) bond motifs is 1. The molecule has 1 heterocycles. The molecule has 1 aromatic heterocycles. The minimum atomic E-state index is -0.777. The van der Waals surface area contributed by atoms with Crippen LogP contribution in [0.25, 0.3) is 10.9 Å². The predicted octanol–water partition coefficient (Wildman–Crippen LogP) is 2.60. The molecule has 27 heavy (non-hydrogen) atoms. The third kappa shape index (κ3) is 4.11. The van der Waals surface area contributed by atoms with Gasteiger partial charge in [-0.15, -0.1) is 0 Å². The molecule has 6 heteroatoms. The van der Waals surface area contributed by atoms with E-state index in [1.165, 1.54) is 12.8 Å². The van der Waals surface area contributed by atoms with Gasteiger partial charge >= 0.3 is 5.97 Å². The van der Waals surface area contributed by atoms with E-state index in [-0.39, 0.29) is 24.5 Å². The van der Waals surface area contributed by atoms with E-state index >= 15 is 0 Å². The number of aliphatic carboxylic acids is 1. The van der Waals surface area contributed by atoms with Gasteiger partial charge in [0.05, 0.1) is 17.6 Å². The summed E-state index contributed by atoms with van der Waals surface area (Å²) in [6.45, 7) is 2.88. The minimum Gasteiger partial charge on any atom is -0.480 e. The second kappa shape index (κ2) is 7.27. The fourth-order valence-corrected chi connectivity index (χ4v) is 3.84. The zero-order valence-electron chi connectivity index (χ0n) is 15.5. The number of carboxylic acids is 1. The van der Waals surface area contributed by atoms with Crippen molar-refractivity contribution in [2.45, 2.75) is 44.7 Å². The highest BCUT2D eigenvalue weighted by Gasteiger charge is 2.37. The van der Waals surface area contributed by atoms with Crippen LogP contribution in [-0.4, -0.2) is 52.0 Å². The standard InChI is InChI=1S/C21H25N3O3/c1-13-5-8-15-3-2-4-18(20(15)22-13)21(27)23-16-9-17(10-16)24(12-19(25)26)11-14-6-7-14/h2-5,8,14,16-17H,6-7,9-12H2,1H3,(H,23,27)(H,25,26). The van der Waals surface area contributed by atoms with Crippen LogP contribution in [-0.2, 0) is 4.79 Å². The maximum Gasteiger partial charge on any atom is 0.317 e. The van der Waals surface area contributed by atoms with E-state index in [2.05, 4.69) is 15.2 Å². The van der Waals surface area contributed by atoms with Crippen molar-refractivity contribution in [3.63, 3.8) is 0 Å². The molecule has 2 aliphatic rings. The van der Waals surface area contributed by atoms with Crippen LogP contribution >= 0.6 is 0 Å². The lowest BCUT2D eigenvalue weighted by Crippen LogP contribution is -2.55. The first-order valence-electron chi connectivity index (χ1n) is 9.62. The maximum absolute atomic E-state index is 12.8. The van der Waals surface area contributed by atoms with Crippen molar-refractivity contribution in [3.05, 3.63) is 41.6 Å². The number of aromatic nitrogens is 1. The van der Waals surface area contributed by atoms with Crippen molar-refractivity contribution < 1.29 is 14.7 Å². The van der Waals surface area contributed by atoms with Crippen LogP contribution in [0.4, 0.5) is 0 Å². The lowest BCUT2D eigenvalue weighted by atomic mass is 9.85. The van der Waals surface area contributed by atoms with Crippen LogP contribution in [0.15, 0.2) is 30.3 Å². The number of nitrogens with one attached hydrogen (secondary N) is 1. The molecule has 1 amide bonds. The molecule has 0 spiro atoms. The van der Waals surface area contributed by atoms with Crippen LogP contribution < -0.4 is 5.32 Å². The molecule has 2 N–H and O–H groups in total. The fraction of sp³-hybridized carbons (Fsp3) is 0.476. The first-order chi connectivity index (χ1) is 13.0. The Bertz CT molecular complexity index is 872. The van der Waals surface area contributed by atoms with E-state index in [4.69, 9.17) is 5.11 Å². The lowest BCUT2D eigenvalue weighted by Gasteiger charge is -2.42. The minimum absolute atomic E-state index is 0.0916. The number of nitrogens with zero attached hydrogens (tertiary/aromatic N) is 2. The first-order valence-corrected chi connectivity index (χ1v) is 9.62. The predicted molar refractivity (Wildman–Crippen MR) is 103 cm³/mol. The molecular weight excluding hydrogens is 342 g/mol. The highest BCUT2D eigenvalue weighted by atomic mass is 16.4. The van der Waals surface area contributed by atoms with Gasteiger partial charge in [-0.3, -0.25) is 19.5 Å². The number of benzene rings is 1. The zero-order chi connectivity index (χ0) is 19.0. The Labute approximate surface area is 158 Å². The summed E-state index contributed by atoms with van der Waals surface area (Å²) in [5.74, 6) is -0.225. The van der Waals surface area contributed by atoms with E-state index in [0.717, 1.165) is 36.0 Å². The van der Waals surface area contributed by atoms with Gasteiger partial charge in [0.2, 0.25) is 0 Å². The van der Waals surface area contributed by atoms with Gasteiger partial charge in [-0.1, -0.05) is 18.2 Å². The Morgan fingerprint density at radius 3 is 2.70 bits per heavy atom. The summed E-state index contributed by atoms with van der Waals surface area (Å²) in [6, 6.07) is 9.91. The van der Waals surface area contributed by atoms with Gasteiger partial charge in [-0.25, -0.2) is 0 Å². The molecule has 1 aromatic carbocycles. The molecule has 2 aliphatic carbocycles. The SMILES string of the molecule is Cc1ccc2cccc(C(=O)NC3CC(N(CC(=O)O)CC4CC4)C3)c2n1. The Morgan fingerprint density at radius 1 is 1.22 bits per heavy atom.